The molecule has 0 fully saturated rings. The van der Waals surface area contributed by atoms with E-state index in [2.05, 4.69) is 15.3 Å². The van der Waals surface area contributed by atoms with E-state index in [1.54, 1.807) is 31.5 Å². The van der Waals surface area contributed by atoms with Crippen molar-refractivity contribution in [3.05, 3.63) is 35.3 Å². The SMILES string of the molecule is Br.COc1ccc(C(N)=O)cc1Nc1nc(-c2cnc(N)s2)cs1. The van der Waals surface area contributed by atoms with Crippen molar-refractivity contribution >= 4 is 61.5 Å². The Bertz CT molecular complexity index is 864. The second kappa shape index (κ2) is 7.60. The molecule has 10 heteroatoms. The molecule has 2 heterocycles. The van der Waals surface area contributed by atoms with E-state index in [-0.39, 0.29) is 17.0 Å². The Balaban J connectivity index is 0.00000208. The number of carbonyl (C=O) groups is 1. The highest BCUT2D eigenvalue weighted by molar-refractivity contribution is 8.93. The van der Waals surface area contributed by atoms with E-state index in [9.17, 15) is 4.79 Å². The van der Waals surface area contributed by atoms with Gasteiger partial charge in [0.15, 0.2) is 10.3 Å². The molecule has 0 aliphatic heterocycles. The van der Waals surface area contributed by atoms with Gasteiger partial charge in [-0.15, -0.1) is 28.3 Å². The van der Waals surface area contributed by atoms with Crippen molar-refractivity contribution in [1.29, 1.82) is 0 Å². The monoisotopic (exact) mass is 427 g/mol. The first-order valence-electron chi connectivity index (χ1n) is 6.49. The summed E-state index contributed by atoms with van der Waals surface area (Å²) >= 11 is 2.80. The summed E-state index contributed by atoms with van der Waals surface area (Å²) in [6, 6.07) is 4.92. The molecule has 0 unspecified atom stereocenters. The summed E-state index contributed by atoms with van der Waals surface area (Å²) in [6.45, 7) is 0. The largest absolute Gasteiger partial charge is 0.495 e. The smallest absolute Gasteiger partial charge is 0.248 e. The van der Waals surface area contributed by atoms with Crippen LogP contribution < -0.4 is 21.5 Å². The number of nitrogens with one attached hydrogen (secondary N) is 1. The topological polar surface area (TPSA) is 116 Å². The van der Waals surface area contributed by atoms with Crippen LogP contribution in [0.5, 0.6) is 5.75 Å². The molecule has 1 amide bonds. The van der Waals surface area contributed by atoms with Gasteiger partial charge in [-0.3, -0.25) is 4.79 Å². The Morgan fingerprint density at radius 3 is 2.79 bits per heavy atom. The van der Waals surface area contributed by atoms with Crippen LogP contribution in [0.3, 0.4) is 0 Å². The van der Waals surface area contributed by atoms with Crippen LogP contribution in [0, 0.1) is 0 Å². The highest BCUT2D eigenvalue weighted by Gasteiger charge is 2.12. The predicted octanol–water partition coefficient (Wildman–Crippen LogP) is 3.28. The van der Waals surface area contributed by atoms with Crippen LogP contribution in [0.2, 0.25) is 0 Å². The molecule has 1 aromatic carbocycles. The standard InChI is InChI=1S/C14H13N5O2S2.BrH/c1-21-10-3-2-7(12(15)20)4-8(10)18-14-19-9(6-22-14)11-5-17-13(16)23-11;/h2-6H,1H3,(H2,15,20)(H2,16,17)(H,18,19);1H. The van der Waals surface area contributed by atoms with E-state index in [4.69, 9.17) is 16.2 Å². The number of thiazole rings is 2. The van der Waals surface area contributed by atoms with Gasteiger partial charge in [0.1, 0.15) is 5.75 Å². The number of nitrogen functional groups attached to an aromatic ring is 1. The van der Waals surface area contributed by atoms with Gasteiger partial charge in [-0.25, -0.2) is 9.97 Å². The first-order chi connectivity index (χ1) is 11.1. The number of halogens is 1. The maximum absolute atomic E-state index is 11.3. The van der Waals surface area contributed by atoms with Gasteiger partial charge in [0.25, 0.3) is 0 Å². The summed E-state index contributed by atoms with van der Waals surface area (Å²) in [4.78, 5) is 20.7. The second-order valence-corrected chi connectivity index (χ2v) is 6.43. The fourth-order valence-electron chi connectivity index (χ4n) is 1.92. The number of hydrogen-bond donors (Lipinski definition) is 3. The lowest BCUT2D eigenvalue weighted by Crippen LogP contribution is -2.11. The number of nitrogens with zero attached hydrogens (tertiary/aromatic N) is 2. The third-order valence-corrected chi connectivity index (χ3v) is 4.61. The van der Waals surface area contributed by atoms with Gasteiger partial charge in [-0.2, -0.15) is 0 Å². The molecule has 3 aromatic rings. The Morgan fingerprint density at radius 1 is 1.38 bits per heavy atom. The van der Waals surface area contributed by atoms with Crippen LogP contribution in [-0.2, 0) is 0 Å². The molecular formula is C14H14BrN5O2S2. The molecule has 126 valence electrons. The first-order valence-corrected chi connectivity index (χ1v) is 8.18. The van der Waals surface area contributed by atoms with E-state index >= 15 is 0 Å². The van der Waals surface area contributed by atoms with Crippen molar-refractivity contribution in [3.63, 3.8) is 0 Å². The minimum atomic E-state index is -0.504. The van der Waals surface area contributed by atoms with Gasteiger partial charge < -0.3 is 21.5 Å². The van der Waals surface area contributed by atoms with Crippen LogP contribution in [0.25, 0.3) is 10.6 Å². The lowest BCUT2D eigenvalue weighted by Gasteiger charge is -2.10. The molecule has 0 saturated heterocycles. The number of carbonyl (C=O) groups excluding carboxylic acids is 1. The number of aromatic nitrogens is 2. The molecule has 0 bridgehead atoms. The number of primary amides is 1. The van der Waals surface area contributed by atoms with Crippen molar-refractivity contribution in [2.45, 2.75) is 0 Å². The quantitative estimate of drug-likeness (QED) is 0.574. The van der Waals surface area contributed by atoms with Gasteiger partial charge in [0, 0.05) is 17.1 Å². The van der Waals surface area contributed by atoms with E-state index in [1.165, 1.54) is 22.7 Å². The van der Waals surface area contributed by atoms with Gasteiger partial charge in [0.05, 0.1) is 23.4 Å². The molecule has 0 saturated carbocycles. The molecule has 2 aromatic heterocycles. The van der Waals surface area contributed by atoms with Gasteiger partial charge in [-0.05, 0) is 18.2 Å². The Labute approximate surface area is 156 Å². The van der Waals surface area contributed by atoms with Crippen molar-refractivity contribution in [1.82, 2.24) is 9.97 Å². The summed E-state index contributed by atoms with van der Waals surface area (Å²) in [5.41, 5.74) is 12.7. The van der Waals surface area contributed by atoms with Crippen molar-refractivity contribution in [2.24, 2.45) is 5.73 Å². The third kappa shape index (κ3) is 3.83. The molecule has 0 aliphatic carbocycles. The lowest BCUT2D eigenvalue weighted by molar-refractivity contribution is 0.100. The van der Waals surface area contributed by atoms with Crippen LogP contribution in [0.15, 0.2) is 29.8 Å². The Morgan fingerprint density at radius 2 is 2.17 bits per heavy atom. The first kappa shape index (κ1) is 18.2. The molecule has 0 atom stereocenters. The summed E-state index contributed by atoms with van der Waals surface area (Å²) in [5, 5.41) is 6.20. The number of anilines is 3. The van der Waals surface area contributed by atoms with Crippen LogP contribution >= 0.6 is 39.7 Å². The number of rotatable bonds is 5. The molecule has 5 N–H and O–H groups in total. The third-order valence-electron chi connectivity index (χ3n) is 3.01. The zero-order valence-corrected chi connectivity index (χ0v) is 15.8. The van der Waals surface area contributed by atoms with Gasteiger partial charge >= 0.3 is 0 Å². The van der Waals surface area contributed by atoms with Crippen molar-refractivity contribution < 1.29 is 9.53 Å². The zero-order chi connectivity index (χ0) is 16.4. The van der Waals surface area contributed by atoms with E-state index in [0.717, 1.165) is 10.6 Å². The summed E-state index contributed by atoms with van der Waals surface area (Å²) in [7, 11) is 1.55. The number of benzene rings is 1. The second-order valence-electron chi connectivity index (χ2n) is 4.50. The lowest BCUT2D eigenvalue weighted by atomic mass is 10.2. The highest BCUT2D eigenvalue weighted by Crippen LogP contribution is 2.34. The predicted molar refractivity (Wildman–Crippen MR) is 103 cm³/mol. The summed E-state index contributed by atoms with van der Waals surface area (Å²) in [5.74, 6) is 0.0875. The van der Waals surface area contributed by atoms with Crippen molar-refractivity contribution in [3.8, 4) is 16.3 Å². The maximum atomic E-state index is 11.3. The van der Waals surface area contributed by atoms with Crippen LogP contribution in [-0.4, -0.2) is 23.0 Å². The average Bonchev–Trinajstić information content (AvgIpc) is 3.16. The highest BCUT2D eigenvalue weighted by atomic mass is 79.9. The molecule has 0 radical (unpaired) electrons. The summed E-state index contributed by atoms with van der Waals surface area (Å²) < 4.78 is 5.28. The van der Waals surface area contributed by atoms with Crippen LogP contribution in [0.4, 0.5) is 16.0 Å². The molecule has 3 rings (SSSR count). The number of hydrogen-bond acceptors (Lipinski definition) is 8. The van der Waals surface area contributed by atoms with Gasteiger partial charge in [-0.1, -0.05) is 11.3 Å². The van der Waals surface area contributed by atoms with Crippen molar-refractivity contribution in [2.75, 3.05) is 18.2 Å². The Kier molecular flexibility index (Phi) is 5.75. The molecule has 0 spiro atoms. The fraction of sp³-hybridized carbons (Fsp3) is 0.0714. The number of methoxy groups -OCH3 is 1. The maximum Gasteiger partial charge on any atom is 0.248 e. The molecule has 24 heavy (non-hydrogen) atoms. The minimum absolute atomic E-state index is 0. The number of nitrogens with two attached hydrogens (primary N) is 2. The zero-order valence-electron chi connectivity index (χ0n) is 12.5. The average molecular weight is 428 g/mol. The van der Waals surface area contributed by atoms with Crippen LogP contribution in [0.1, 0.15) is 10.4 Å². The Hall–Kier alpha value is -2.17. The van der Waals surface area contributed by atoms with E-state index < -0.39 is 5.91 Å². The van der Waals surface area contributed by atoms with E-state index in [1.807, 2.05) is 5.38 Å². The molecule has 0 aliphatic rings. The molecule has 7 nitrogen and oxygen atoms in total. The summed E-state index contributed by atoms with van der Waals surface area (Å²) in [6.07, 6.45) is 1.69. The van der Waals surface area contributed by atoms with E-state index in [0.29, 0.717) is 27.3 Å². The van der Waals surface area contributed by atoms with Gasteiger partial charge in [0.2, 0.25) is 5.91 Å². The number of ether oxygens (including phenoxy) is 1. The molecular weight excluding hydrogens is 414 g/mol. The fourth-order valence-corrected chi connectivity index (χ4v) is 3.37. The number of amides is 1. The normalized spacial score (nSPS) is 10.0. The minimum Gasteiger partial charge on any atom is -0.495 e.